The Morgan fingerprint density at radius 2 is 2.00 bits per heavy atom. The van der Waals surface area contributed by atoms with Gasteiger partial charge in [0.25, 0.3) is 5.91 Å². The summed E-state index contributed by atoms with van der Waals surface area (Å²) in [6, 6.07) is 5.72. The zero-order valence-corrected chi connectivity index (χ0v) is 10.8. The molecule has 4 heteroatoms. The fraction of sp³-hybridized carbons (Fsp3) is 0.286. The number of nitrogens with one attached hydrogen (secondary N) is 1. The van der Waals surface area contributed by atoms with Crippen molar-refractivity contribution in [2.45, 2.75) is 26.8 Å². The Balaban J connectivity index is 2.59. The number of nitrogens with zero attached hydrogens (tertiary/aromatic N) is 1. The van der Waals surface area contributed by atoms with Crippen molar-refractivity contribution >= 4 is 22.4 Å². The quantitative estimate of drug-likeness (QED) is 0.795. The summed E-state index contributed by atoms with van der Waals surface area (Å²) < 4.78 is 0. The van der Waals surface area contributed by atoms with E-state index in [0.717, 1.165) is 16.3 Å². The molecule has 0 spiro atoms. The van der Waals surface area contributed by atoms with E-state index in [9.17, 15) is 4.79 Å². The topological polar surface area (TPSA) is 68.0 Å². The van der Waals surface area contributed by atoms with Gasteiger partial charge in [-0.25, -0.2) is 0 Å². The lowest BCUT2D eigenvalue weighted by Gasteiger charge is -2.11. The molecule has 0 saturated heterocycles. The molecule has 2 rings (SSSR count). The molecule has 0 radical (unpaired) electrons. The van der Waals surface area contributed by atoms with Gasteiger partial charge in [-0.2, -0.15) is 0 Å². The van der Waals surface area contributed by atoms with Gasteiger partial charge >= 0.3 is 0 Å². The highest BCUT2D eigenvalue weighted by molar-refractivity contribution is 6.08. The van der Waals surface area contributed by atoms with Crippen molar-refractivity contribution < 1.29 is 4.79 Å². The molecule has 0 saturated carbocycles. The molecular formula is C14H17N3O. The first kappa shape index (κ1) is 12.4. The minimum Gasteiger partial charge on any atom is -0.398 e. The first-order valence-corrected chi connectivity index (χ1v) is 5.95. The fourth-order valence-corrected chi connectivity index (χ4v) is 1.90. The van der Waals surface area contributed by atoms with E-state index in [4.69, 9.17) is 5.73 Å². The number of amides is 1. The second-order valence-electron chi connectivity index (χ2n) is 4.68. The first-order valence-electron chi connectivity index (χ1n) is 5.95. The van der Waals surface area contributed by atoms with Crippen molar-refractivity contribution in [1.82, 2.24) is 10.3 Å². The number of hydrogen-bond donors (Lipinski definition) is 2. The standard InChI is InChI=1S/C14H17N3O/c1-8(2)17-14(18)13-11-5-4-9(3)12(15)10(11)6-7-16-13/h4-8H,15H2,1-3H3,(H,17,18). The van der Waals surface area contributed by atoms with Gasteiger partial charge in [0.15, 0.2) is 0 Å². The third kappa shape index (κ3) is 2.14. The lowest BCUT2D eigenvalue weighted by atomic mass is 10.0. The van der Waals surface area contributed by atoms with Gasteiger partial charge < -0.3 is 11.1 Å². The summed E-state index contributed by atoms with van der Waals surface area (Å²) >= 11 is 0. The van der Waals surface area contributed by atoms with Crippen LogP contribution in [0.3, 0.4) is 0 Å². The highest BCUT2D eigenvalue weighted by Gasteiger charge is 2.13. The van der Waals surface area contributed by atoms with Crippen LogP contribution < -0.4 is 11.1 Å². The van der Waals surface area contributed by atoms with E-state index >= 15 is 0 Å². The van der Waals surface area contributed by atoms with Gasteiger partial charge in [-0.1, -0.05) is 12.1 Å². The predicted octanol–water partition coefficient (Wildman–Crippen LogP) is 2.26. The van der Waals surface area contributed by atoms with Gasteiger partial charge in [0.1, 0.15) is 5.69 Å². The van der Waals surface area contributed by atoms with Crippen molar-refractivity contribution in [3.05, 3.63) is 35.7 Å². The number of carbonyl (C=O) groups excluding carboxylic acids is 1. The first-order chi connectivity index (χ1) is 8.50. The Bertz CT molecular complexity index is 605. The summed E-state index contributed by atoms with van der Waals surface area (Å²) in [5, 5.41) is 4.51. The van der Waals surface area contributed by atoms with Crippen LogP contribution in [0.2, 0.25) is 0 Å². The van der Waals surface area contributed by atoms with Crippen LogP contribution in [0.4, 0.5) is 5.69 Å². The normalized spacial score (nSPS) is 10.9. The lowest BCUT2D eigenvalue weighted by molar-refractivity contribution is 0.0940. The van der Waals surface area contributed by atoms with E-state index < -0.39 is 0 Å². The number of rotatable bonds is 2. The van der Waals surface area contributed by atoms with E-state index in [0.29, 0.717) is 11.4 Å². The van der Waals surface area contributed by atoms with Gasteiger partial charge in [0.2, 0.25) is 0 Å². The number of nitrogen functional groups attached to an aromatic ring is 1. The number of nitrogens with two attached hydrogens (primary N) is 1. The van der Waals surface area contributed by atoms with Crippen molar-refractivity contribution in [2.75, 3.05) is 5.73 Å². The van der Waals surface area contributed by atoms with Crippen molar-refractivity contribution in [3.8, 4) is 0 Å². The summed E-state index contributed by atoms with van der Waals surface area (Å²) in [7, 11) is 0. The number of pyridine rings is 1. The molecule has 3 N–H and O–H groups in total. The Kier molecular flexibility index (Phi) is 3.19. The zero-order valence-electron chi connectivity index (χ0n) is 10.8. The van der Waals surface area contributed by atoms with Crippen LogP contribution in [0.15, 0.2) is 24.4 Å². The van der Waals surface area contributed by atoms with Crippen molar-refractivity contribution in [3.63, 3.8) is 0 Å². The Morgan fingerprint density at radius 1 is 1.28 bits per heavy atom. The third-order valence-electron chi connectivity index (χ3n) is 2.84. The SMILES string of the molecule is Cc1ccc2c(C(=O)NC(C)C)nccc2c1N. The van der Waals surface area contributed by atoms with Crippen LogP contribution in [-0.4, -0.2) is 16.9 Å². The summed E-state index contributed by atoms with van der Waals surface area (Å²) in [5.74, 6) is -0.168. The molecule has 0 aliphatic heterocycles. The number of fused-ring (bicyclic) bond motifs is 1. The third-order valence-corrected chi connectivity index (χ3v) is 2.84. The second kappa shape index (κ2) is 4.64. The smallest absolute Gasteiger partial charge is 0.270 e. The van der Waals surface area contributed by atoms with E-state index in [1.807, 2.05) is 39.0 Å². The average Bonchev–Trinajstić information content (AvgIpc) is 2.32. The zero-order chi connectivity index (χ0) is 13.3. The number of hydrogen-bond acceptors (Lipinski definition) is 3. The molecule has 0 fully saturated rings. The molecule has 18 heavy (non-hydrogen) atoms. The average molecular weight is 243 g/mol. The maximum atomic E-state index is 12.1. The second-order valence-corrected chi connectivity index (χ2v) is 4.68. The highest BCUT2D eigenvalue weighted by atomic mass is 16.1. The van der Waals surface area contributed by atoms with Crippen molar-refractivity contribution in [2.24, 2.45) is 0 Å². The van der Waals surface area contributed by atoms with E-state index in [2.05, 4.69) is 10.3 Å². The monoisotopic (exact) mass is 243 g/mol. The van der Waals surface area contributed by atoms with Crippen LogP contribution in [0.25, 0.3) is 10.8 Å². The molecule has 1 heterocycles. The van der Waals surface area contributed by atoms with E-state index in [1.165, 1.54) is 0 Å². The molecule has 0 aliphatic rings. The fourth-order valence-electron chi connectivity index (χ4n) is 1.90. The summed E-state index contributed by atoms with van der Waals surface area (Å²) in [6.07, 6.45) is 1.62. The van der Waals surface area contributed by atoms with Crippen LogP contribution >= 0.6 is 0 Å². The van der Waals surface area contributed by atoms with E-state index in [1.54, 1.807) is 6.20 Å². The minimum atomic E-state index is -0.168. The molecule has 0 unspecified atom stereocenters. The van der Waals surface area contributed by atoms with Gasteiger partial charge in [-0.05, 0) is 32.4 Å². The molecule has 1 aromatic heterocycles. The summed E-state index contributed by atoms with van der Waals surface area (Å²) in [5.41, 5.74) is 8.16. The molecule has 0 bridgehead atoms. The highest BCUT2D eigenvalue weighted by Crippen LogP contribution is 2.25. The van der Waals surface area contributed by atoms with Gasteiger partial charge in [-0.3, -0.25) is 9.78 Å². The van der Waals surface area contributed by atoms with Gasteiger partial charge in [-0.15, -0.1) is 0 Å². The number of anilines is 1. The lowest BCUT2D eigenvalue weighted by Crippen LogP contribution is -2.30. The number of aromatic nitrogens is 1. The summed E-state index contributed by atoms with van der Waals surface area (Å²) in [4.78, 5) is 16.2. The molecule has 1 aromatic carbocycles. The Morgan fingerprint density at radius 3 is 2.67 bits per heavy atom. The largest absolute Gasteiger partial charge is 0.398 e. The van der Waals surface area contributed by atoms with Crippen LogP contribution in [0, 0.1) is 6.92 Å². The van der Waals surface area contributed by atoms with Gasteiger partial charge in [0.05, 0.1) is 0 Å². The van der Waals surface area contributed by atoms with Crippen LogP contribution in [0.5, 0.6) is 0 Å². The summed E-state index contributed by atoms with van der Waals surface area (Å²) in [6.45, 7) is 5.78. The predicted molar refractivity (Wildman–Crippen MR) is 73.5 cm³/mol. The molecule has 1 amide bonds. The molecule has 2 aromatic rings. The minimum absolute atomic E-state index is 0.0809. The number of carbonyl (C=O) groups is 1. The van der Waals surface area contributed by atoms with Crippen molar-refractivity contribution in [1.29, 1.82) is 0 Å². The van der Waals surface area contributed by atoms with Crippen LogP contribution in [-0.2, 0) is 0 Å². The van der Waals surface area contributed by atoms with Gasteiger partial charge in [0, 0.05) is 28.7 Å². The van der Waals surface area contributed by atoms with E-state index in [-0.39, 0.29) is 11.9 Å². The molecule has 0 atom stereocenters. The molecular weight excluding hydrogens is 226 g/mol. The molecule has 94 valence electrons. The Labute approximate surface area is 106 Å². The number of benzene rings is 1. The number of aryl methyl sites for hydroxylation is 1. The van der Waals surface area contributed by atoms with Crippen LogP contribution in [0.1, 0.15) is 29.9 Å². The Hall–Kier alpha value is -2.10. The molecule has 4 nitrogen and oxygen atoms in total. The maximum absolute atomic E-state index is 12.1. The maximum Gasteiger partial charge on any atom is 0.270 e. The molecule has 0 aliphatic carbocycles.